The normalized spacial score (nSPS) is 18.7. The summed E-state index contributed by atoms with van der Waals surface area (Å²) in [5.41, 5.74) is 6.48. The van der Waals surface area contributed by atoms with E-state index < -0.39 is 11.2 Å². The van der Waals surface area contributed by atoms with Gasteiger partial charge in [0.15, 0.2) is 10.8 Å². The van der Waals surface area contributed by atoms with Crippen molar-refractivity contribution in [1.82, 2.24) is 14.9 Å². The third kappa shape index (κ3) is 4.92. The van der Waals surface area contributed by atoms with Gasteiger partial charge in [-0.2, -0.15) is 0 Å². The Bertz CT molecular complexity index is 985. The van der Waals surface area contributed by atoms with E-state index in [-0.39, 0.29) is 24.1 Å². The van der Waals surface area contributed by atoms with Crippen LogP contribution in [0.25, 0.3) is 0 Å². The van der Waals surface area contributed by atoms with Crippen molar-refractivity contribution in [1.29, 1.82) is 0 Å². The summed E-state index contributed by atoms with van der Waals surface area (Å²) in [4.78, 5) is 29.4. The summed E-state index contributed by atoms with van der Waals surface area (Å²) in [7, 11) is 0. The standard InChI is InChI=1S/C22H31N5O2S/c1-3-13-26(22(30)24-17-12-8-7-9-15(17)2)18-19(23)27(21(29)25-20(18)28)14-16-10-5-4-6-11-16/h4-6,10-11,15,17H,3,7-9,12-14,23H2,1-2H3,(H,24,30)(H,25,28,29)/t15-,17+/m1/s1. The highest BCUT2D eigenvalue weighted by Gasteiger charge is 2.26. The first-order chi connectivity index (χ1) is 14.4. The van der Waals surface area contributed by atoms with Gasteiger partial charge in [-0.25, -0.2) is 4.79 Å². The fraction of sp³-hybridized carbons (Fsp3) is 0.500. The number of thiocarbonyl (C=S) groups is 1. The van der Waals surface area contributed by atoms with Crippen LogP contribution in [0.15, 0.2) is 39.9 Å². The Morgan fingerprint density at radius 2 is 1.97 bits per heavy atom. The number of hydrogen-bond donors (Lipinski definition) is 3. The van der Waals surface area contributed by atoms with Crippen molar-refractivity contribution in [3.63, 3.8) is 0 Å². The molecule has 0 bridgehead atoms. The molecule has 0 radical (unpaired) electrons. The second-order valence-corrected chi connectivity index (χ2v) is 8.42. The van der Waals surface area contributed by atoms with E-state index in [0.717, 1.165) is 18.4 Å². The smallest absolute Gasteiger partial charge is 0.330 e. The molecular formula is C22H31N5O2S. The van der Waals surface area contributed by atoms with Crippen molar-refractivity contribution in [2.75, 3.05) is 17.2 Å². The van der Waals surface area contributed by atoms with Crippen LogP contribution in [0.4, 0.5) is 11.5 Å². The van der Waals surface area contributed by atoms with Gasteiger partial charge in [0.2, 0.25) is 0 Å². The summed E-state index contributed by atoms with van der Waals surface area (Å²) in [6, 6.07) is 9.82. The quantitative estimate of drug-likeness (QED) is 0.611. The maximum atomic E-state index is 12.8. The van der Waals surface area contributed by atoms with Crippen LogP contribution in [0.2, 0.25) is 0 Å². The Balaban J connectivity index is 1.95. The number of aromatic amines is 1. The van der Waals surface area contributed by atoms with E-state index in [2.05, 4.69) is 17.2 Å². The lowest BCUT2D eigenvalue weighted by Crippen LogP contribution is -2.50. The van der Waals surface area contributed by atoms with Gasteiger partial charge in [0.1, 0.15) is 5.82 Å². The zero-order valence-electron chi connectivity index (χ0n) is 17.7. The lowest BCUT2D eigenvalue weighted by molar-refractivity contribution is 0.309. The summed E-state index contributed by atoms with van der Waals surface area (Å²) in [6.07, 6.45) is 5.41. The van der Waals surface area contributed by atoms with E-state index in [1.54, 1.807) is 4.90 Å². The van der Waals surface area contributed by atoms with Gasteiger partial charge < -0.3 is 16.0 Å². The highest BCUT2D eigenvalue weighted by atomic mass is 32.1. The summed E-state index contributed by atoms with van der Waals surface area (Å²) < 4.78 is 1.39. The fourth-order valence-corrected chi connectivity index (χ4v) is 4.40. The predicted molar refractivity (Wildman–Crippen MR) is 126 cm³/mol. The molecule has 162 valence electrons. The number of H-pyrrole nitrogens is 1. The Labute approximate surface area is 182 Å². The third-order valence-electron chi connectivity index (χ3n) is 5.78. The van der Waals surface area contributed by atoms with Crippen LogP contribution in [-0.4, -0.2) is 27.3 Å². The first-order valence-electron chi connectivity index (χ1n) is 10.7. The second kappa shape index (κ2) is 9.93. The highest BCUT2D eigenvalue weighted by molar-refractivity contribution is 7.80. The van der Waals surface area contributed by atoms with Crippen LogP contribution in [0.3, 0.4) is 0 Å². The highest BCUT2D eigenvalue weighted by Crippen LogP contribution is 2.25. The lowest BCUT2D eigenvalue weighted by Gasteiger charge is -2.34. The Kier molecular flexibility index (Phi) is 7.31. The molecule has 0 aliphatic heterocycles. The van der Waals surface area contributed by atoms with Crippen LogP contribution in [0.5, 0.6) is 0 Å². The number of rotatable bonds is 6. The zero-order valence-corrected chi connectivity index (χ0v) is 18.5. The minimum Gasteiger partial charge on any atom is -0.383 e. The van der Waals surface area contributed by atoms with Crippen LogP contribution in [0, 0.1) is 5.92 Å². The molecule has 1 aromatic carbocycles. The van der Waals surface area contributed by atoms with Crippen LogP contribution in [-0.2, 0) is 6.54 Å². The molecule has 0 unspecified atom stereocenters. The van der Waals surface area contributed by atoms with Crippen molar-refractivity contribution < 1.29 is 0 Å². The first kappa shape index (κ1) is 22.1. The molecule has 30 heavy (non-hydrogen) atoms. The van der Waals surface area contributed by atoms with E-state index in [9.17, 15) is 9.59 Å². The summed E-state index contributed by atoms with van der Waals surface area (Å²) >= 11 is 5.70. The monoisotopic (exact) mass is 429 g/mol. The average Bonchev–Trinajstić information content (AvgIpc) is 2.72. The van der Waals surface area contributed by atoms with E-state index >= 15 is 0 Å². The zero-order chi connectivity index (χ0) is 21.7. The molecule has 3 rings (SSSR count). The molecule has 2 atom stereocenters. The molecule has 1 aromatic heterocycles. The van der Waals surface area contributed by atoms with E-state index in [1.165, 1.54) is 23.8 Å². The summed E-state index contributed by atoms with van der Waals surface area (Å²) in [5.74, 6) is 0.643. The van der Waals surface area contributed by atoms with Crippen molar-refractivity contribution in [2.24, 2.45) is 5.92 Å². The molecule has 0 spiro atoms. The van der Waals surface area contributed by atoms with Gasteiger partial charge in [0, 0.05) is 12.6 Å². The van der Waals surface area contributed by atoms with Crippen molar-refractivity contribution in [3.8, 4) is 0 Å². The van der Waals surface area contributed by atoms with E-state index in [1.807, 2.05) is 37.3 Å². The Morgan fingerprint density at radius 3 is 2.63 bits per heavy atom. The lowest BCUT2D eigenvalue weighted by atomic mass is 9.86. The first-order valence-corrected chi connectivity index (χ1v) is 11.1. The largest absolute Gasteiger partial charge is 0.383 e. The number of nitrogens with two attached hydrogens (primary N) is 1. The molecule has 4 N–H and O–H groups in total. The van der Waals surface area contributed by atoms with E-state index in [4.69, 9.17) is 18.0 Å². The third-order valence-corrected chi connectivity index (χ3v) is 6.12. The molecule has 1 fully saturated rings. The minimum atomic E-state index is -0.527. The molecule has 2 aromatic rings. The SMILES string of the molecule is CCCN(C(=S)N[C@H]1CCCC[C@H]1C)c1c(N)n(Cc2ccccc2)c(=O)[nH]c1=O. The molecule has 1 heterocycles. The molecule has 1 aliphatic carbocycles. The molecule has 0 saturated heterocycles. The number of nitrogen functional groups attached to an aromatic ring is 1. The molecule has 1 aliphatic rings. The molecule has 7 nitrogen and oxygen atoms in total. The van der Waals surface area contributed by atoms with E-state index in [0.29, 0.717) is 17.6 Å². The second-order valence-electron chi connectivity index (χ2n) is 8.03. The van der Waals surface area contributed by atoms with Gasteiger partial charge in [-0.3, -0.25) is 14.3 Å². The average molecular weight is 430 g/mol. The van der Waals surface area contributed by atoms with Gasteiger partial charge in [-0.1, -0.05) is 57.0 Å². The molecule has 8 heteroatoms. The molecular weight excluding hydrogens is 398 g/mol. The maximum Gasteiger partial charge on any atom is 0.330 e. The molecule has 1 saturated carbocycles. The minimum absolute atomic E-state index is 0.127. The van der Waals surface area contributed by atoms with Crippen LogP contribution in [0.1, 0.15) is 51.5 Å². The Morgan fingerprint density at radius 1 is 1.27 bits per heavy atom. The van der Waals surface area contributed by atoms with Gasteiger partial charge in [0.25, 0.3) is 5.56 Å². The number of nitrogens with one attached hydrogen (secondary N) is 2. The number of nitrogens with zero attached hydrogens (tertiary/aromatic N) is 2. The fourth-order valence-electron chi connectivity index (χ4n) is 4.07. The van der Waals surface area contributed by atoms with Gasteiger partial charge in [-0.15, -0.1) is 0 Å². The van der Waals surface area contributed by atoms with Crippen LogP contribution < -0.4 is 27.2 Å². The van der Waals surface area contributed by atoms with Gasteiger partial charge in [0.05, 0.1) is 6.54 Å². The maximum absolute atomic E-state index is 12.8. The number of benzene rings is 1. The predicted octanol–water partition coefficient (Wildman–Crippen LogP) is 2.84. The van der Waals surface area contributed by atoms with Gasteiger partial charge in [-0.05, 0) is 43.0 Å². The number of aromatic nitrogens is 2. The van der Waals surface area contributed by atoms with Gasteiger partial charge >= 0.3 is 5.69 Å². The molecule has 0 amide bonds. The number of hydrogen-bond acceptors (Lipinski definition) is 4. The number of anilines is 2. The summed E-state index contributed by atoms with van der Waals surface area (Å²) in [5, 5.41) is 3.94. The Hall–Kier alpha value is -2.61. The van der Waals surface area contributed by atoms with Crippen molar-refractivity contribution in [3.05, 3.63) is 56.7 Å². The van der Waals surface area contributed by atoms with Crippen molar-refractivity contribution in [2.45, 2.75) is 58.5 Å². The summed E-state index contributed by atoms with van der Waals surface area (Å²) in [6.45, 7) is 5.05. The van der Waals surface area contributed by atoms with Crippen LogP contribution >= 0.6 is 12.2 Å². The van der Waals surface area contributed by atoms with Crippen molar-refractivity contribution >= 4 is 28.8 Å². The topological polar surface area (TPSA) is 96.2 Å².